The molecular weight excluding hydrogens is 310 g/mol. The molecule has 0 bridgehead atoms. The van der Waals surface area contributed by atoms with Crippen LogP contribution in [0.25, 0.3) is 11.5 Å². The number of nitrogens with zero attached hydrogens (tertiary/aromatic N) is 3. The minimum Gasteiger partial charge on any atom is -0.481 e. The highest BCUT2D eigenvalue weighted by Gasteiger charge is 2.23. The largest absolute Gasteiger partial charge is 0.481 e. The van der Waals surface area contributed by atoms with Gasteiger partial charge in [-0.25, -0.2) is 0 Å². The van der Waals surface area contributed by atoms with Gasteiger partial charge in [0.25, 0.3) is 16.8 Å². The first-order chi connectivity index (χ1) is 9.49. The molecule has 0 spiro atoms. The maximum absolute atomic E-state index is 10.9. The first-order valence-corrected chi connectivity index (χ1v) is 6.46. The van der Waals surface area contributed by atoms with E-state index in [1.54, 1.807) is 0 Å². The standard InChI is InChI=1S/C10H6ClN3O5S/c11-5-2-1-3-6(14(17)18)8(5)9-12-13-10(19-9)20-4-7(15)16/h1-3H,4H2,(H,15,16). The van der Waals surface area contributed by atoms with Crippen molar-refractivity contribution in [1.29, 1.82) is 0 Å². The average Bonchev–Trinajstić information content (AvgIpc) is 2.84. The van der Waals surface area contributed by atoms with E-state index in [0.29, 0.717) is 0 Å². The summed E-state index contributed by atoms with van der Waals surface area (Å²) < 4.78 is 5.18. The Morgan fingerprint density at radius 3 is 2.90 bits per heavy atom. The third-order valence-corrected chi connectivity index (χ3v) is 3.25. The van der Waals surface area contributed by atoms with Crippen LogP contribution in [0.3, 0.4) is 0 Å². The summed E-state index contributed by atoms with van der Waals surface area (Å²) in [6, 6.07) is 4.15. The number of thioether (sulfide) groups is 1. The number of carboxylic acid groups (broad SMARTS) is 1. The van der Waals surface area contributed by atoms with Crippen LogP contribution in [0.4, 0.5) is 5.69 Å². The minimum absolute atomic E-state index is 0.00313. The van der Waals surface area contributed by atoms with Crippen molar-refractivity contribution in [2.45, 2.75) is 5.22 Å². The first kappa shape index (κ1) is 14.3. The number of aliphatic carboxylic acids is 1. The molecule has 2 rings (SSSR count). The molecule has 0 unspecified atom stereocenters. The Bertz CT molecular complexity index is 675. The SMILES string of the molecule is O=C(O)CSc1nnc(-c2c(Cl)cccc2[N+](=O)[O-])o1. The van der Waals surface area contributed by atoms with Crippen LogP contribution in [0.2, 0.25) is 5.02 Å². The fourth-order valence-corrected chi connectivity index (χ4v) is 2.10. The molecule has 0 aliphatic heterocycles. The smallest absolute Gasteiger partial charge is 0.314 e. The van der Waals surface area contributed by atoms with Crippen molar-refractivity contribution in [1.82, 2.24) is 10.2 Å². The molecule has 0 saturated carbocycles. The summed E-state index contributed by atoms with van der Waals surface area (Å²) in [6.07, 6.45) is 0. The third-order valence-electron chi connectivity index (χ3n) is 2.13. The van der Waals surface area contributed by atoms with Crippen molar-refractivity contribution in [3.05, 3.63) is 33.3 Å². The molecule has 1 N–H and O–H groups in total. The number of carboxylic acids is 1. The molecule has 0 amide bonds. The van der Waals surface area contributed by atoms with E-state index in [4.69, 9.17) is 21.1 Å². The monoisotopic (exact) mass is 315 g/mol. The highest BCUT2D eigenvalue weighted by atomic mass is 35.5. The summed E-state index contributed by atoms with van der Waals surface area (Å²) in [4.78, 5) is 20.8. The maximum Gasteiger partial charge on any atom is 0.314 e. The number of benzene rings is 1. The molecule has 104 valence electrons. The van der Waals surface area contributed by atoms with Crippen LogP contribution in [-0.2, 0) is 4.79 Å². The number of carbonyl (C=O) groups is 1. The van der Waals surface area contributed by atoms with E-state index < -0.39 is 10.9 Å². The zero-order chi connectivity index (χ0) is 14.7. The summed E-state index contributed by atoms with van der Waals surface area (Å²) in [5.74, 6) is -1.43. The van der Waals surface area contributed by atoms with Crippen LogP contribution >= 0.6 is 23.4 Å². The van der Waals surface area contributed by atoms with Crippen molar-refractivity contribution in [3.63, 3.8) is 0 Å². The van der Waals surface area contributed by atoms with Crippen LogP contribution in [0, 0.1) is 10.1 Å². The van der Waals surface area contributed by atoms with Gasteiger partial charge in [-0.15, -0.1) is 10.2 Å². The molecule has 20 heavy (non-hydrogen) atoms. The van der Waals surface area contributed by atoms with E-state index in [2.05, 4.69) is 10.2 Å². The summed E-state index contributed by atoms with van der Waals surface area (Å²) in [7, 11) is 0. The second-order valence-corrected chi connectivity index (χ2v) is 4.78. The molecule has 0 atom stereocenters. The lowest BCUT2D eigenvalue weighted by Crippen LogP contribution is -1.97. The minimum atomic E-state index is -1.04. The Hall–Kier alpha value is -2.13. The van der Waals surface area contributed by atoms with Crippen LogP contribution in [0.1, 0.15) is 0 Å². The molecule has 1 aromatic heterocycles. The highest BCUT2D eigenvalue weighted by Crippen LogP contribution is 2.36. The third kappa shape index (κ3) is 3.06. The van der Waals surface area contributed by atoms with Crippen molar-refractivity contribution in [2.24, 2.45) is 0 Å². The van der Waals surface area contributed by atoms with Crippen molar-refractivity contribution >= 4 is 35.0 Å². The zero-order valence-corrected chi connectivity index (χ0v) is 11.2. The molecule has 10 heteroatoms. The Balaban J connectivity index is 2.37. The van der Waals surface area contributed by atoms with Gasteiger partial charge in [0.2, 0.25) is 0 Å². The van der Waals surface area contributed by atoms with Gasteiger partial charge in [-0.1, -0.05) is 29.4 Å². The summed E-state index contributed by atoms with van der Waals surface area (Å²) in [5, 5.41) is 26.8. The van der Waals surface area contributed by atoms with Crippen molar-refractivity contribution in [2.75, 3.05) is 5.75 Å². The lowest BCUT2D eigenvalue weighted by molar-refractivity contribution is -0.384. The second-order valence-electron chi connectivity index (χ2n) is 3.45. The lowest BCUT2D eigenvalue weighted by Gasteiger charge is -2.00. The molecule has 1 aromatic carbocycles. The molecule has 1 heterocycles. The number of aromatic nitrogens is 2. The van der Waals surface area contributed by atoms with Crippen molar-refractivity contribution < 1.29 is 19.2 Å². The van der Waals surface area contributed by atoms with Gasteiger partial charge in [-0.3, -0.25) is 14.9 Å². The first-order valence-electron chi connectivity index (χ1n) is 5.10. The van der Waals surface area contributed by atoms with Gasteiger partial charge < -0.3 is 9.52 Å². The van der Waals surface area contributed by atoms with Gasteiger partial charge in [0.05, 0.1) is 9.95 Å². The summed E-state index contributed by atoms with van der Waals surface area (Å²) in [6.45, 7) is 0. The molecular formula is C10H6ClN3O5S. The number of nitro benzene ring substituents is 1. The molecule has 0 aliphatic carbocycles. The summed E-state index contributed by atoms with van der Waals surface area (Å²) in [5.41, 5.74) is -0.259. The van der Waals surface area contributed by atoms with E-state index in [9.17, 15) is 14.9 Å². The molecule has 0 radical (unpaired) electrons. The van der Waals surface area contributed by atoms with Crippen LogP contribution in [-0.4, -0.2) is 31.9 Å². The number of hydrogen-bond acceptors (Lipinski definition) is 7. The topological polar surface area (TPSA) is 119 Å². The van der Waals surface area contributed by atoms with Crippen LogP contribution < -0.4 is 0 Å². The quantitative estimate of drug-likeness (QED) is 0.507. The Kier molecular flexibility index (Phi) is 4.20. The van der Waals surface area contributed by atoms with Crippen LogP contribution in [0.15, 0.2) is 27.8 Å². The Morgan fingerprint density at radius 2 is 2.25 bits per heavy atom. The number of rotatable bonds is 5. The van der Waals surface area contributed by atoms with Crippen molar-refractivity contribution in [3.8, 4) is 11.5 Å². The average molecular weight is 316 g/mol. The van der Waals surface area contributed by atoms with Gasteiger partial charge in [-0.2, -0.15) is 0 Å². The number of halogens is 1. The lowest BCUT2D eigenvalue weighted by atomic mass is 10.2. The molecule has 0 saturated heterocycles. The molecule has 0 aliphatic rings. The zero-order valence-electron chi connectivity index (χ0n) is 9.65. The predicted octanol–water partition coefficient (Wildman–Crippen LogP) is 2.47. The van der Waals surface area contributed by atoms with Gasteiger partial charge >= 0.3 is 5.97 Å². The highest BCUT2D eigenvalue weighted by molar-refractivity contribution is 7.99. The Labute approximate surface area is 120 Å². The van der Waals surface area contributed by atoms with Gasteiger partial charge in [0.1, 0.15) is 11.3 Å². The fraction of sp³-hybridized carbons (Fsp3) is 0.100. The molecule has 0 fully saturated rings. The van der Waals surface area contributed by atoms with Gasteiger partial charge in [0.15, 0.2) is 0 Å². The van der Waals surface area contributed by atoms with Crippen LogP contribution in [0.5, 0.6) is 0 Å². The second kappa shape index (κ2) is 5.88. The Morgan fingerprint density at radius 1 is 1.50 bits per heavy atom. The summed E-state index contributed by atoms with van der Waals surface area (Å²) >= 11 is 6.72. The normalized spacial score (nSPS) is 10.4. The number of nitro groups is 1. The van der Waals surface area contributed by atoms with E-state index in [1.807, 2.05) is 0 Å². The van der Waals surface area contributed by atoms with Gasteiger partial charge in [-0.05, 0) is 6.07 Å². The fourth-order valence-electron chi connectivity index (χ4n) is 1.37. The van der Waals surface area contributed by atoms with E-state index in [0.717, 1.165) is 11.8 Å². The van der Waals surface area contributed by atoms with E-state index in [-0.39, 0.29) is 33.1 Å². The number of hydrogen-bond donors (Lipinski definition) is 1. The molecule has 8 nitrogen and oxygen atoms in total. The maximum atomic E-state index is 10.9. The molecule has 2 aromatic rings. The van der Waals surface area contributed by atoms with E-state index in [1.165, 1.54) is 18.2 Å². The van der Waals surface area contributed by atoms with Gasteiger partial charge in [0, 0.05) is 6.07 Å². The predicted molar refractivity (Wildman–Crippen MR) is 69.8 cm³/mol. The van der Waals surface area contributed by atoms with E-state index >= 15 is 0 Å².